The van der Waals surface area contributed by atoms with E-state index >= 15 is 0 Å². The van der Waals surface area contributed by atoms with Crippen LogP contribution in [0.5, 0.6) is 0 Å². The molecule has 0 aliphatic carbocycles. The molecule has 0 spiro atoms. The molecular formula is C45H84. The minimum Gasteiger partial charge on any atom is -0.0654 e. The van der Waals surface area contributed by atoms with Gasteiger partial charge >= 0.3 is 0 Å². The second-order valence-corrected chi connectivity index (χ2v) is 15.2. The molecule has 0 saturated carbocycles. The SMILES string of the molecule is CCCCCCCCCCCCCCCCCCc1cccc(C(C)C)c1CCCCCCCCCCCCCCCCCC. The molecule has 0 heteroatoms. The van der Waals surface area contributed by atoms with Gasteiger partial charge in [0.05, 0.1) is 0 Å². The molecule has 0 N–H and O–H groups in total. The van der Waals surface area contributed by atoms with Crippen LogP contribution in [0.1, 0.15) is 256 Å². The van der Waals surface area contributed by atoms with Gasteiger partial charge in [0, 0.05) is 0 Å². The molecule has 0 aromatic heterocycles. The Balaban J connectivity index is 2.07. The highest BCUT2D eigenvalue weighted by atomic mass is 14.2. The molecule has 0 heterocycles. The Kier molecular flexibility index (Phi) is 31.1. The van der Waals surface area contributed by atoms with Crippen molar-refractivity contribution in [3.63, 3.8) is 0 Å². The molecule has 0 unspecified atom stereocenters. The van der Waals surface area contributed by atoms with Crippen LogP contribution >= 0.6 is 0 Å². The van der Waals surface area contributed by atoms with E-state index in [1.165, 1.54) is 218 Å². The summed E-state index contributed by atoms with van der Waals surface area (Å²) in [4.78, 5) is 0. The van der Waals surface area contributed by atoms with Crippen molar-refractivity contribution >= 4 is 0 Å². The van der Waals surface area contributed by atoms with Gasteiger partial charge in [0.25, 0.3) is 0 Å². The second kappa shape index (κ2) is 33.1. The van der Waals surface area contributed by atoms with Crippen LogP contribution < -0.4 is 0 Å². The average molecular weight is 625 g/mol. The van der Waals surface area contributed by atoms with Crippen molar-refractivity contribution in [1.29, 1.82) is 0 Å². The molecule has 0 aliphatic rings. The van der Waals surface area contributed by atoms with E-state index in [9.17, 15) is 0 Å². The monoisotopic (exact) mass is 625 g/mol. The van der Waals surface area contributed by atoms with E-state index in [2.05, 4.69) is 45.9 Å². The normalized spacial score (nSPS) is 11.7. The molecule has 264 valence electrons. The molecule has 0 amide bonds. The molecule has 0 radical (unpaired) electrons. The Hall–Kier alpha value is -0.780. The first kappa shape index (κ1) is 42.2. The molecule has 1 rings (SSSR count). The number of rotatable bonds is 35. The minimum absolute atomic E-state index is 0.645. The zero-order valence-corrected chi connectivity index (χ0v) is 31.9. The van der Waals surface area contributed by atoms with E-state index in [-0.39, 0.29) is 0 Å². The van der Waals surface area contributed by atoms with Crippen LogP contribution in [-0.2, 0) is 12.8 Å². The minimum atomic E-state index is 0.645. The predicted octanol–water partition coefficient (Wildman–Crippen LogP) is 16.4. The fourth-order valence-corrected chi connectivity index (χ4v) is 7.45. The van der Waals surface area contributed by atoms with Crippen LogP contribution in [0.3, 0.4) is 0 Å². The molecule has 0 bridgehead atoms. The van der Waals surface area contributed by atoms with Crippen LogP contribution in [0.15, 0.2) is 18.2 Å². The summed E-state index contributed by atoms with van der Waals surface area (Å²) in [5.41, 5.74) is 5.02. The van der Waals surface area contributed by atoms with E-state index in [4.69, 9.17) is 0 Å². The maximum absolute atomic E-state index is 2.46. The Morgan fingerprint density at radius 2 is 0.644 bits per heavy atom. The van der Waals surface area contributed by atoms with E-state index in [1.807, 2.05) is 0 Å². The van der Waals surface area contributed by atoms with Crippen LogP contribution in [0.4, 0.5) is 0 Å². The Morgan fingerprint density at radius 1 is 0.356 bits per heavy atom. The Bertz CT molecular complexity index is 715. The maximum Gasteiger partial charge on any atom is -0.0216 e. The molecule has 0 nitrogen and oxygen atoms in total. The number of hydrogen-bond acceptors (Lipinski definition) is 0. The smallest absolute Gasteiger partial charge is 0.0216 e. The van der Waals surface area contributed by atoms with Gasteiger partial charge in [-0.05, 0) is 48.3 Å². The Labute approximate surface area is 286 Å². The maximum atomic E-state index is 2.46. The first-order chi connectivity index (χ1) is 22.2. The highest BCUT2D eigenvalue weighted by molar-refractivity contribution is 5.37. The third kappa shape index (κ3) is 25.9. The highest BCUT2D eigenvalue weighted by Crippen LogP contribution is 2.27. The van der Waals surface area contributed by atoms with Gasteiger partial charge in [-0.15, -0.1) is 0 Å². The predicted molar refractivity (Wildman–Crippen MR) is 207 cm³/mol. The fraction of sp³-hybridized carbons (Fsp3) is 0.867. The number of hydrogen-bond donors (Lipinski definition) is 0. The lowest BCUT2D eigenvalue weighted by Crippen LogP contribution is -2.03. The summed E-state index contributed by atoms with van der Waals surface area (Å²) >= 11 is 0. The van der Waals surface area contributed by atoms with Crippen molar-refractivity contribution in [1.82, 2.24) is 0 Å². The topological polar surface area (TPSA) is 0 Å². The van der Waals surface area contributed by atoms with Gasteiger partial charge < -0.3 is 0 Å². The summed E-state index contributed by atoms with van der Waals surface area (Å²) in [5, 5.41) is 0. The highest BCUT2D eigenvalue weighted by Gasteiger charge is 2.11. The van der Waals surface area contributed by atoms with E-state index in [0.29, 0.717) is 5.92 Å². The zero-order valence-electron chi connectivity index (χ0n) is 31.9. The lowest BCUT2D eigenvalue weighted by atomic mass is 9.88. The molecule has 0 atom stereocenters. The van der Waals surface area contributed by atoms with Crippen molar-refractivity contribution in [3.8, 4) is 0 Å². The average Bonchev–Trinajstić information content (AvgIpc) is 3.04. The first-order valence-corrected chi connectivity index (χ1v) is 21.3. The van der Waals surface area contributed by atoms with Crippen molar-refractivity contribution in [2.24, 2.45) is 0 Å². The largest absolute Gasteiger partial charge is 0.0654 e. The summed E-state index contributed by atoms with van der Waals surface area (Å²) < 4.78 is 0. The van der Waals surface area contributed by atoms with Crippen LogP contribution in [0.25, 0.3) is 0 Å². The zero-order chi connectivity index (χ0) is 32.5. The molecule has 45 heavy (non-hydrogen) atoms. The van der Waals surface area contributed by atoms with Gasteiger partial charge in [-0.3, -0.25) is 0 Å². The summed E-state index contributed by atoms with van der Waals surface area (Å²) in [7, 11) is 0. The van der Waals surface area contributed by atoms with Gasteiger partial charge in [0.2, 0.25) is 0 Å². The molecule has 0 aliphatic heterocycles. The first-order valence-electron chi connectivity index (χ1n) is 21.3. The summed E-state index contributed by atoms with van der Waals surface area (Å²) in [5.74, 6) is 0.645. The van der Waals surface area contributed by atoms with E-state index < -0.39 is 0 Å². The standard InChI is InChI=1S/C45H84/c1-5-7-9-11-13-15-17-19-21-23-25-27-29-31-33-35-38-43-39-37-41-44(42(3)4)45(43)40-36-34-32-30-28-26-24-22-20-18-16-14-12-10-8-6-2/h37,39,41-42H,5-36,38,40H2,1-4H3. The molecule has 1 aromatic rings. The van der Waals surface area contributed by atoms with Crippen molar-refractivity contribution in [2.75, 3.05) is 0 Å². The number of aryl methyl sites for hydroxylation is 1. The Morgan fingerprint density at radius 3 is 0.956 bits per heavy atom. The third-order valence-electron chi connectivity index (χ3n) is 10.5. The summed E-state index contributed by atoms with van der Waals surface area (Å²) in [6, 6.07) is 7.22. The molecular weight excluding hydrogens is 540 g/mol. The summed E-state index contributed by atoms with van der Waals surface area (Å²) in [6.45, 7) is 9.41. The molecule has 1 aromatic carbocycles. The van der Waals surface area contributed by atoms with Crippen LogP contribution in [0, 0.1) is 0 Å². The van der Waals surface area contributed by atoms with Crippen molar-refractivity contribution in [3.05, 3.63) is 34.9 Å². The lowest BCUT2D eigenvalue weighted by molar-refractivity contribution is 0.528. The van der Waals surface area contributed by atoms with E-state index in [0.717, 1.165) is 0 Å². The number of unbranched alkanes of at least 4 members (excludes halogenated alkanes) is 30. The van der Waals surface area contributed by atoms with E-state index in [1.54, 1.807) is 16.7 Å². The second-order valence-electron chi connectivity index (χ2n) is 15.2. The van der Waals surface area contributed by atoms with Gasteiger partial charge in [-0.1, -0.05) is 239 Å². The van der Waals surface area contributed by atoms with Crippen molar-refractivity contribution in [2.45, 2.75) is 252 Å². The van der Waals surface area contributed by atoms with Gasteiger partial charge in [0.1, 0.15) is 0 Å². The van der Waals surface area contributed by atoms with Crippen LogP contribution in [0.2, 0.25) is 0 Å². The fourth-order valence-electron chi connectivity index (χ4n) is 7.45. The van der Waals surface area contributed by atoms with Gasteiger partial charge in [-0.25, -0.2) is 0 Å². The summed E-state index contributed by atoms with van der Waals surface area (Å²) in [6.07, 6.45) is 49.0. The van der Waals surface area contributed by atoms with Crippen LogP contribution in [-0.4, -0.2) is 0 Å². The van der Waals surface area contributed by atoms with Gasteiger partial charge in [0.15, 0.2) is 0 Å². The van der Waals surface area contributed by atoms with Crippen molar-refractivity contribution < 1.29 is 0 Å². The van der Waals surface area contributed by atoms with Gasteiger partial charge in [-0.2, -0.15) is 0 Å². The number of benzene rings is 1. The molecule has 0 saturated heterocycles. The third-order valence-corrected chi connectivity index (χ3v) is 10.5. The molecule has 0 fully saturated rings. The quantitative estimate of drug-likeness (QED) is 0.0659. The lowest BCUT2D eigenvalue weighted by Gasteiger charge is -2.18.